The second-order valence-corrected chi connectivity index (χ2v) is 2.12. The first-order valence-electron chi connectivity index (χ1n) is 3.18. The molecule has 3 N–H and O–H groups in total. The fourth-order valence-corrected chi connectivity index (χ4v) is 0.568. The van der Waals surface area contributed by atoms with Crippen LogP contribution < -0.4 is 11.1 Å². The third-order valence-electron chi connectivity index (χ3n) is 1.33. The highest BCUT2D eigenvalue weighted by molar-refractivity contribution is 4.55. The molecule has 0 aromatic rings. The van der Waals surface area contributed by atoms with Crippen molar-refractivity contribution in [1.29, 1.82) is 0 Å². The summed E-state index contributed by atoms with van der Waals surface area (Å²) in [4.78, 5) is 0. The molecule has 0 aromatic carbocycles. The molecule has 0 amide bonds. The van der Waals surface area contributed by atoms with Crippen LogP contribution in [0.5, 0.6) is 0 Å². The summed E-state index contributed by atoms with van der Waals surface area (Å²) >= 11 is 0. The van der Waals surface area contributed by atoms with E-state index in [9.17, 15) is 0 Å². The van der Waals surface area contributed by atoms with Crippen LogP contribution in [-0.2, 0) is 0 Å². The normalized spacial score (nSPS) is 13.9. The molecule has 50 valence electrons. The van der Waals surface area contributed by atoms with Gasteiger partial charge in [0.2, 0.25) is 0 Å². The molecular weight excluding hydrogens is 100 g/mol. The third kappa shape index (κ3) is 4.09. The number of rotatable bonds is 4. The largest absolute Gasteiger partial charge is 0.330 e. The highest BCUT2D eigenvalue weighted by Crippen LogP contribution is 1.91. The Labute approximate surface area is 51.5 Å². The van der Waals surface area contributed by atoms with Crippen molar-refractivity contribution in [3.05, 3.63) is 0 Å². The van der Waals surface area contributed by atoms with Crippen LogP contribution in [0.15, 0.2) is 0 Å². The van der Waals surface area contributed by atoms with Gasteiger partial charge in [-0.25, -0.2) is 0 Å². The predicted octanol–water partition coefficient (Wildman–Crippen LogP) is 0.333. The lowest BCUT2D eigenvalue weighted by Gasteiger charge is -2.06. The monoisotopic (exact) mass is 116 g/mol. The van der Waals surface area contributed by atoms with Crippen LogP contribution in [-0.4, -0.2) is 19.6 Å². The Morgan fingerprint density at radius 2 is 2.25 bits per heavy atom. The molecule has 8 heavy (non-hydrogen) atoms. The fraction of sp³-hybridized carbons (Fsp3) is 1.00. The smallest absolute Gasteiger partial charge is 0.00361 e. The third-order valence-corrected chi connectivity index (χ3v) is 1.33. The van der Waals surface area contributed by atoms with Gasteiger partial charge in [0.15, 0.2) is 0 Å². The Kier molecular flexibility index (Phi) is 5.01. The van der Waals surface area contributed by atoms with Crippen LogP contribution in [0.2, 0.25) is 0 Å². The van der Waals surface area contributed by atoms with Crippen LogP contribution in [0, 0.1) is 0 Å². The highest BCUT2D eigenvalue weighted by Gasteiger charge is 1.93. The molecule has 2 nitrogen and oxygen atoms in total. The lowest BCUT2D eigenvalue weighted by molar-refractivity contribution is 0.546. The Balaban J connectivity index is 2.86. The zero-order valence-corrected chi connectivity index (χ0v) is 5.78. The van der Waals surface area contributed by atoms with Crippen molar-refractivity contribution in [3.8, 4) is 0 Å². The SMILES string of the molecule is CN[C@H](C)CCCN. The van der Waals surface area contributed by atoms with Crippen molar-refractivity contribution in [3.63, 3.8) is 0 Å². The molecule has 0 rings (SSSR count). The first-order valence-corrected chi connectivity index (χ1v) is 3.18. The van der Waals surface area contributed by atoms with E-state index in [1.54, 1.807) is 0 Å². The van der Waals surface area contributed by atoms with Gasteiger partial charge in [-0.1, -0.05) is 0 Å². The lowest BCUT2D eigenvalue weighted by Crippen LogP contribution is -2.21. The summed E-state index contributed by atoms with van der Waals surface area (Å²) in [7, 11) is 1.97. The van der Waals surface area contributed by atoms with E-state index in [0.29, 0.717) is 6.04 Å². The minimum atomic E-state index is 0.624. The number of nitrogens with two attached hydrogens (primary N) is 1. The van der Waals surface area contributed by atoms with E-state index in [2.05, 4.69) is 12.2 Å². The number of hydrogen-bond donors (Lipinski definition) is 2. The van der Waals surface area contributed by atoms with Crippen molar-refractivity contribution >= 4 is 0 Å². The van der Waals surface area contributed by atoms with Gasteiger partial charge >= 0.3 is 0 Å². The Morgan fingerprint density at radius 1 is 1.62 bits per heavy atom. The maximum Gasteiger partial charge on any atom is 0.00361 e. The summed E-state index contributed by atoms with van der Waals surface area (Å²) in [6.45, 7) is 2.97. The Morgan fingerprint density at radius 3 is 2.62 bits per heavy atom. The number of hydrogen-bond acceptors (Lipinski definition) is 2. The van der Waals surface area contributed by atoms with Gasteiger partial charge in [0.25, 0.3) is 0 Å². The van der Waals surface area contributed by atoms with Crippen molar-refractivity contribution in [2.45, 2.75) is 25.8 Å². The highest BCUT2D eigenvalue weighted by atomic mass is 14.8. The summed E-state index contributed by atoms with van der Waals surface area (Å²) in [6, 6.07) is 0.624. The maximum absolute atomic E-state index is 5.30. The van der Waals surface area contributed by atoms with Gasteiger partial charge < -0.3 is 11.1 Å². The zero-order chi connectivity index (χ0) is 6.41. The van der Waals surface area contributed by atoms with Crippen LogP contribution >= 0.6 is 0 Å². The second kappa shape index (κ2) is 5.06. The van der Waals surface area contributed by atoms with E-state index in [1.165, 1.54) is 6.42 Å². The molecule has 0 saturated heterocycles. The average Bonchev–Trinajstić information content (AvgIpc) is 1.83. The van der Waals surface area contributed by atoms with Crippen molar-refractivity contribution in [1.82, 2.24) is 5.32 Å². The Bertz CT molecular complexity index is 45.8. The molecule has 0 radical (unpaired) electrons. The molecule has 0 aliphatic rings. The van der Waals surface area contributed by atoms with E-state index >= 15 is 0 Å². The second-order valence-electron chi connectivity index (χ2n) is 2.12. The first kappa shape index (κ1) is 7.92. The van der Waals surface area contributed by atoms with Gasteiger partial charge in [-0.2, -0.15) is 0 Å². The standard InChI is InChI=1S/C6H16N2/c1-6(8-2)4-3-5-7/h6,8H,3-5,7H2,1-2H3/t6-/m1/s1. The van der Waals surface area contributed by atoms with E-state index in [1.807, 2.05) is 7.05 Å². The average molecular weight is 116 g/mol. The maximum atomic E-state index is 5.30. The molecule has 2 heteroatoms. The molecule has 0 aliphatic carbocycles. The summed E-state index contributed by atoms with van der Waals surface area (Å²) < 4.78 is 0. The molecule has 0 aliphatic heterocycles. The molecule has 1 atom stereocenters. The molecule has 0 aromatic heterocycles. The minimum Gasteiger partial charge on any atom is -0.330 e. The van der Waals surface area contributed by atoms with Crippen molar-refractivity contribution in [2.24, 2.45) is 5.73 Å². The molecule has 0 fully saturated rings. The Hall–Kier alpha value is -0.0800. The lowest BCUT2D eigenvalue weighted by atomic mass is 10.2. The molecule has 0 spiro atoms. The molecule has 0 saturated carbocycles. The van der Waals surface area contributed by atoms with Crippen molar-refractivity contribution in [2.75, 3.05) is 13.6 Å². The van der Waals surface area contributed by atoms with Gasteiger partial charge in [-0.15, -0.1) is 0 Å². The van der Waals surface area contributed by atoms with Crippen LogP contribution in [0.25, 0.3) is 0 Å². The summed E-state index contributed by atoms with van der Waals surface area (Å²) in [5.41, 5.74) is 5.30. The van der Waals surface area contributed by atoms with Crippen LogP contribution in [0.4, 0.5) is 0 Å². The number of nitrogens with one attached hydrogen (secondary N) is 1. The van der Waals surface area contributed by atoms with Gasteiger partial charge in [0.1, 0.15) is 0 Å². The van der Waals surface area contributed by atoms with Gasteiger partial charge in [0.05, 0.1) is 0 Å². The van der Waals surface area contributed by atoms with Crippen LogP contribution in [0.3, 0.4) is 0 Å². The van der Waals surface area contributed by atoms with E-state index < -0.39 is 0 Å². The van der Waals surface area contributed by atoms with Crippen LogP contribution in [0.1, 0.15) is 19.8 Å². The van der Waals surface area contributed by atoms with Gasteiger partial charge in [-0.05, 0) is 33.4 Å². The predicted molar refractivity (Wildman–Crippen MR) is 36.8 cm³/mol. The summed E-state index contributed by atoms with van der Waals surface area (Å²) in [5.74, 6) is 0. The van der Waals surface area contributed by atoms with E-state index in [-0.39, 0.29) is 0 Å². The summed E-state index contributed by atoms with van der Waals surface area (Å²) in [6.07, 6.45) is 2.31. The van der Waals surface area contributed by atoms with E-state index in [4.69, 9.17) is 5.73 Å². The van der Waals surface area contributed by atoms with Crippen molar-refractivity contribution < 1.29 is 0 Å². The molecule has 0 bridgehead atoms. The minimum absolute atomic E-state index is 0.624. The topological polar surface area (TPSA) is 38.0 Å². The van der Waals surface area contributed by atoms with Gasteiger partial charge in [0, 0.05) is 6.04 Å². The molecule has 0 heterocycles. The first-order chi connectivity index (χ1) is 3.81. The molecule has 0 unspecified atom stereocenters. The quantitative estimate of drug-likeness (QED) is 0.555. The van der Waals surface area contributed by atoms with E-state index in [0.717, 1.165) is 13.0 Å². The van der Waals surface area contributed by atoms with Gasteiger partial charge in [-0.3, -0.25) is 0 Å². The summed E-state index contributed by atoms with van der Waals surface area (Å²) in [5, 5.41) is 3.14. The molecular formula is C6H16N2. The zero-order valence-electron chi connectivity index (χ0n) is 5.78. The fourth-order valence-electron chi connectivity index (χ4n) is 0.568.